The maximum absolute atomic E-state index is 12.1. The number of carbonyl (C=O) groups excluding carboxylic acids is 1. The number of likely N-dealkylation sites (N-methyl/N-ethyl adjacent to an activating group) is 1. The Bertz CT molecular complexity index is 703. The normalized spacial score (nSPS) is 12.3. The second-order valence-corrected chi connectivity index (χ2v) is 6.94. The van der Waals surface area contributed by atoms with Gasteiger partial charge in [-0.15, -0.1) is 0 Å². The molecule has 25 heavy (non-hydrogen) atoms. The topological polar surface area (TPSA) is 44.4 Å². The molecule has 0 spiro atoms. The lowest BCUT2D eigenvalue weighted by atomic mass is 10.1. The number of amides is 1. The summed E-state index contributed by atoms with van der Waals surface area (Å²) >= 11 is 6.38. The van der Waals surface area contributed by atoms with Gasteiger partial charge >= 0.3 is 0 Å². The lowest BCUT2D eigenvalue weighted by Crippen LogP contribution is -2.34. The van der Waals surface area contributed by atoms with Gasteiger partial charge in [-0.05, 0) is 51.6 Å². The molecule has 2 aromatic carbocycles. The number of halogens is 1. The molecule has 0 saturated carbocycles. The predicted molar refractivity (Wildman–Crippen MR) is 106 cm³/mol. The molecule has 0 heterocycles. The maximum Gasteiger partial charge on any atom is 0.238 e. The second-order valence-electron chi connectivity index (χ2n) is 6.53. The van der Waals surface area contributed by atoms with Crippen molar-refractivity contribution < 1.29 is 4.79 Å². The molecule has 1 atom stereocenters. The van der Waals surface area contributed by atoms with Crippen molar-refractivity contribution >= 4 is 28.9 Å². The Kier molecular flexibility index (Phi) is 6.85. The highest BCUT2D eigenvalue weighted by atomic mass is 35.5. The van der Waals surface area contributed by atoms with E-state index in [-0.39, 0.29) is 11.9 Å². The van der Waals surface area contributed by atoms with Crippen molar-refractivity contribution in [2.75, 3.05) is 24.2 Å². The van der Waals surface area contributed by atoms with Crippen LogP contribution in [-0.2, 0) is 4.79 Å². The van der Waals surface area contributed by atoms with E-state index in [2.05, 4.69) is 43.5 Å². The van der Waals surface area contributed by atoms with Gasteiger partial charge in [0.2, 0.25) is 5.91 Å². The molecular weight excluding hydrogens is 334 g/mol. The molecule has 0 bridgehead atoms. The largest absolute Gasteiger partial charge is 0.377 e. The van der Waals surface area contributed by atoms with Crippen molar-refractivity contribution in [3.63, 3.8) is 0 Å². The van der Waals surface area contributed by atoms with Gasteiger partial charge in [0, 0.05) is 17.8 Å². The zero-order valence-corrected chi connectivity index (χ0v) is 16.0. The van der Waals surface area contributed by atoms with E-state index < -0.39 is 0 Å². The van der Waals surface area contributed by atoms with Gasteiger partial charge in [0.25, 0.3) is 0 Å². The molecule has 0 fully saturated rings. The summed E-state index contributed by atoms with van der Waals surface area (Å²) in [6.07, 6.45) is 0. The number of benzene rings is 2. The highest BCUT2D eigenvalue weighted by molar-refractivity contribution is 6.33. The molecule has 1 unspecified atom stereocenters. The molecule has 0 aromatic heterocycles. The van der Waals surface area contributed by atoms with Crippen molar-refractivity contribution in [1.29, 1.82) is 0 Å². The van der Waals surface area contributed by atoms with Crippen LogP contribution in [0.1, 0.15) is 32.4 Å². The Labute approximate surface area is 155 Å². The lowest BCUT2D eigenvalue weighted by molar-refractivity contribution is -0.117. The molecule has 134 valence electrons. The molecule has 0 aliphatic heterocycles. The van der Waals surface area contributed by atoms with Gasteiger partial charge in [-0.1, -0.05) is 41.9 Å². The fraction of sp³-hybridized carbons (Fsp3) is 0.350. The van der Waals surface area contributed by atoms with E-state index >= 15 is 0 Å². The van der Waals surface area contributed by atoms with E-state index in [0.29, 0.717) is 23.3 Å². The van der Waals surface area contributed by atoms with Crippen molar-refractivity contribution in [2.24, 2.45) is 0 Å². The first-order chi connectivity index (χ1) is 11.9. The number of anilines is 2. The van der Waals surface area contributed by atoms with Gasteiger partial charge in [0.05, 0.1) is 17.3 Å². The highest BCUT2D eigenvalue weighted by Crippen LogP contribution is 2.29. The van der Waals surface area contributed by atoms with Gasteiger partial charge in [0.15, 0.2) is 0 Å². The summed E-state index contributed by atoms with van der Waals surface area (Å²) in [5.74, 6) is -0.0503. The summed E-state index contributed by atoms with van der Waals surface area (Å²) in [5, 5.41) is 6.87. The zero-order valence-electron chi connectivity index (χ0n) is 15.2. The first kappa shape index (κ1) is 19.3. The Hall–Kier alpha value is -2.04. The van der Waals surface area contributed by atoms with Gasteiger partial charge in [0.1, 0.15) is 0 Å². The lowest BCUT2D eigenvalue weighted by Gasteiger charge is -2.20. The smallest absolute Gasteiger partial charge is 0.238 e. The van der Waals surface area contributed by atoms with Crippen molar-refractivity contribution in [3.05, 3.63) is 59.1 Å². The van der Waals surface area contributed by atoms with Crippen LogP contribution in [0.3, 0.4) is 0 Å². The van der Waals surface area contributed by atoms with Crippen LogP contribution in [0.5, 0.6) is 0 Å². The molecule has 0 saturated heterocycles. The molecule has 0 aliphatic rings. The first-order valence-corrected chi connectivity index (χ1v) is 8.85. The minimum absolute atomic E-state index is 0.0503. The van der Waals surface area contributed by atoms with Crippen molar-refractivity contribution in [1.82, 2.24) is 4.90 Å². The van der Waals surface area contributed by atoms with Gasteiger partial charge < -0.3 is 10.6 Å². The summed E-state index contributed by atoms with van der Waals surface area (Å²) in [6.45, 7) is 6.54. The third-order valence-electron chi connectivity index (χ3n) is 4.20. The summed E-state index contributed by atoms with van der Waals surface area (Å²) < 4.78 is 0. The summed E-state index contributed by atoms with van der Waals surface area (Å²) in [6, 6.07) is 16.2. The van der Waals surface area contributed by atoms with Crippen LogP contribution >= 0.6 is 11.6 Å². The molecule has 2 N–H and O–H groups in total. The minimum Gasteiger partial charge on any atom is -0.377 e. The predicted octanol–water partition coefficient (Wildman–Crippen LogP) is 4.79. The van der Waals surface area contributed by atoms with E-state index in [1.165, 1.54) is 5.56 Å². The fourth-order valence-corrected chi connectivity index (χ4v) is 2.61. The number of hydrogen-bond acceptors (Lipinski definition) is 3. The van der Waals surface area contributed by atoms with Crippen LogP contribution in [0.2, 0.25) is 5.02 Å². The molecule has 4 nitrogen and oxygen atoms in total. The van der Waals surface area contributed by atoms with Crippen LogP contribution in [0.25, 0.3) is 0 Å². The van der Waals surface area contributed by atoms with Crippen molar-refractivity contribution in [2.45, 2.75) is 32.9 Å². The van der Waals surface area contributed by atoms with Gasteiger partial charge in [-0.25, -0.2) is 0 Å². The molecular formula is C20H26ClN3O. The van der Waals surface area contributed by atoms with E-state index in [9.17, 15) is 4.79 Å². The number of nitrogens with zero attached hydrogens (tertiary/aromatic N) is 1. The molecule has 2 rings (SSSR count). The Morgan fingerprint density at radius 2 is 1.80 bits per heavy atom. The molecule has 0 radical (unpaired) electrons. The minimum atomic E-state index is -0.0503. The first-order valence-electron chi connectivity index (χ1n) is 8.48. The quantitative estimate of drug-likeness (QED) is 0.746. The highest BCUT2D eigenvalue weighted by Gasteiger charge is 2.11. The van der Waals surface area contributed by atoms with Gasteiger partial charge in [-0.2, -0.15) is 0 Å². The Morgan fingerprint density at radius 1 is 1.12 bits per heavy atom. The number of hydrogen-bond donors (Lipinski definition) is 2. The van der Waals surface area contributed by atoms with E-state index in [1.54, 1.807) is 6.07 Å². The third-order valence-corrected chi connectivity index (χ3v) is 4.51. The number of nitrogens with one attached hydrogen (secondary N) is 2. The van der Waals surface area contributed by atoms with Crippen LogP contribution in [-0.4, -0.2) is 30.4 Å². The standard InChI is InChI=1S/C20H26ClN3O/c1-14(2)24(4)13-20(25)23-17-10-11-19(18(21)12-17)22-15(3)16-8-6-5-7-9-16/h5-12,14-15,22H,13H2,1-4H3,(H,23,25). The summed E-state index contributed by atoms with van der Waals surface area (Å²) in [7, 11) is 1.93. The number of rotatable bonds is 7. The summed E-state index contributed by atoms with van der Waals surface area (Å²) in [4.78, 5) is 14.1. The van der Waals surface area contributed by atoms with E-state index in [4.69, 9.17) is 11.6 Å². The summed E-state index contributed by atoms with van der Waals surface area (Å²) in [5.41, 5.74) is 2.73. The fourth-order valence-electron chi connectivity index (χ4n) is 2.38. The van der Waals surface area contributed by atoms with Crippen molar-refractivity contribution in [3.8, 4) is 0 Å². The van der Waals surface area contributed by atoms with E-state index in [1.807, 2.05) is 42.3 Å². The zero-order chi connectivity index (χ0) is 18.4. The average molecular weight is 360 g/mol. The monoisotopic (exact) mass is 359 g/mol. The Morgan fingerprint density at radius 3 is 2.40 bits per heavy atom. The molecule has 5 heteroatoms. The van der Waals surface area contributed by atoms with Crippen LogP contribution in [0.4, 0.5) is 11.4 Å². The van der Waals surface area contributed by atoms with Crippen LogP contribution in [0, 0.1) is 0 Å². The maximum atomic E-state index is 12.1. The second kappa shape index (κ2) is 8.88. The van der Waals surface area contributed by atoms with Crippen LogP contribution in [0.15, 0.2) is 48.5 Å². The molecule has 1 amide bonds. The Balaban J connectivity index is 1.99. The molecule has 0 aliphatic carbocycles. The third kappa shape index (κ3) is 5.76. The van der Waals surface area contributed by atoms with Gasteiger partial charge in [-0.3, -0.25) is 9.69 Å². The SMILES string of the molecule is CC(Nc1ccc(NC(=O)CN(C)C(C)C)cc1Cl)c1ccccc1. The number of carbonyl (C=O) groups is 1. The van der Waals surface area contributed by atoms with Crippen LogP contribution < -0.4 is 10.6 Å². The van der Waals surface area contributed by atoms with E-state index in [0.717, 1.165) is 5.69 Å². The molecule has 2 aromatic rings. The average Bonchev–Trinajstić information content (AvgIpc) is 2.57.